The van der Waals surface area contributed by atoms with Crippen molar-refractivity contribution >= 4 is 17.2 Å². The number of hydrogen-bond acceptors (Lipinski definition) is 5. The summed E-state index contributed by atoms with van der Waals surface area (Å²) in [4.78, 5) is 27.9. The average Bonchev–Trinajstić information content (AvgIpc) is 2.60. The van der Waals surface area contributed by atoms with Crippen LogP contribution in [0, 0.1) is 10.1 Å². The predicted molar refractivity (Wildman–Crippen MR) is 99.4 cm³/mol. The van der Waals surface area contributed by atoms with E-state index in [1.807, 2.05) is 32.0 Å². The standard InChI is InChI=1S/C20H20N2O4/c1-20(2)12-14-7-8-16(26-3)10-17(14)18(21-20)11-19(23)13-5-4-6-15(9-13)22(24)25/h4-10H,11-12H2,1-3H3. The maximum absolute atomic E-state index is 12.7. The third-order valence-electron chi connectivity index (χ3n) is 4.40. The first kappa shape index (κ1) is 17.8. The van der Waals surface area contributed by atoms with Crippen LogP contribution in [0.5, 0.6) is 5.75 Å². The van der Waals surface area contributed by atoms with Gasteiger partial charge in [-0.25, -0.2) is 0 Å². The highest BCUT2D eigenvalue weighted by atomic mass is 16.6. The number of fused-ring (bicyclic) bond motifs is 1. The van der Waals surface area contributed by atoms with Crippen molar-refractivity contribution in [2.45, 2.75) is 32.2 Å². The quantitative estimate of drug-likeness (QED) is 0.463. The molecule has 0 unspecified atom stereocenters. The molecule has 2 aromatic carbocycles. The molecule has 3 rings (SSSR count). The number of hydrogen-bond donors (Lipinski definition) is 0. The average molecular weight is 352 g/mol. The molecular formula is C20H20N2O4. The zero-order chi connectivity index (χ0) is 18.9. The third kappa shape index (κ3) is 3.64. The number of nitrogens with zero attached hydrogens (tertiary/aromatic N) is 2. The van der Waals surface area contributed by atoms with Crippen LogP contribution < -0.4 is 4.74 Å². The van der Waals surface area contributed by atoms with Crippen molar-refractivity contribution in [1.82, 2.24) is 0 Å². The van der Waals surface area contributed by atoms with Gasteiger partial charge in [0.25, 0.3) is 5.69 Å². The van der Waals surface area contributed by atoms with Gasteiger partial charge in [-0.15, -0.1) is 0 Å². The van der Waals surface area contributed by atoms with Crippen molar-refractivity contribution in [3.63, 3.8) is 0 Å². The van der Waals surface area contributed by atoms with E-state index < -0.39 is 4.92 Å². The molecule has 1 aliphatic rings. The van der Waals surface area contributed by atoms with Gasteiger partial charge in [0.05, 0.1) is 29.7 Å². The van der Waals surface area contributed by atoms with Crippen LogP contribution in [0.1, 0.15) is 41.8 Å². The van der Waals surface area contributed by atoms with Crippen LogP contribution in [-0.2, 0) is 6.42 Å². The van der Waals surface area contributed by atoms with E-state index in [1.54, 1.807) is 13.2 Å². The molecule has 26 heavy (non-hydrogen) atoms. The molecule has 0 fully saturated rings. The lowest BCUT2D eigenvalue weighted by Gasteiger charge is -2.29. The summed E-state index contributed by atoms with van der Waals surface area (Å²) in [6.07, 6.45) is 0.867. The maximum Gasteiger partial charge on any atom is 0.270 e. The van der Waals surface area contributed by atoms with Crippen LogP contribution in [-0.4, -0.2) is 29.1 Å². The van der Waals surface area contributed by atoms with Gasteiger partial charge in [0, 0.05) is 23.3 Å². The molecule has 6 heteroatoms. The summed E-state index contributed by atoms with van der Waals surface area (Å²) in [5.41, 5.74) is 2.63. The fourth-order valence-electron chi connectivity index (χ4n) is 3.22. The summed E-state index contributed by atoms with van der Waals surface area (Å²) >= 11 is 0. The smallest absolute Gasteiger partial charge is 0.270 e. The molecule has 0 amide bonds. The van der Waals surface area contributed by atoms with Gasteiger partial charge in [0.2, 0.25) is 0 Å². The third-order valence-corrected chi connectivity index (χ3v) is 4.40. The van der Waals surface area contributed by atoms with Crippen molar-refractivity contribution in [1.29, 1.82) is 0 Å². The van der Waals surface area contributed by atoms with Gasteiger partial charge < -0.3 is 4.74 Å². The number of Topliss-reactive ketones (excluding diaryl/α,β-unsaturated/α-hetero) is 1. The van der Waals surface area contributed by atoms with E-state index in [0.29, 0.717) is 17.0 Å². The van der Waals surface area contributed by atoms with Crippen LogP contribution >= 0.6 is 0 Å². The predicted octanol–water partition coefficient (Wildman–Crippen LogP) is 4.00. The van der Waals surface area contributed by atoms with Gasteiger partial charge >= 0.3 is 0 Å². The summed E-state index contributed by atoms with van der Waals surface area (Å²) in [6.45, 7) is 4.05. The Morgan fingerprint density at radius 3 is 2.73 bits per heavy atom. The number of non-ortho nitro benzene ring substituents is 1. The Balaban J connectivity index is 1.95. The SMILES string of the molecule is COc1ccc2c(c1)C(CC(=O)c1cccc([N+](=O)[O-])c1)=NC(C)(C)C2. The van der Waals surface area contributed by atoms with E-state index >= 15 is 0 Å². The Morgan fingerprint density at radius 2 is 2.04 bits per heavy atom. The first-order chi connectivity index (χ1) is 12.3. The number of aliphatic imine (C=N–C) groups is 1. The van der Waals surface area contributed by atoms with Crippen molar-refractivity contribution < 1.29 is 14.5 Å². The number of benzene rings is 2. The Labute approximate surface area is 151 Å². The molecule has 1 heterocycles. The number of ketones is 1. The Kier molecular flexibility index (Phi) is 4.59. The first-order valence-electron chi connectivity index (χ1n) is 8.33. The van der Waals surface area contributed by atoms with Gasteiger partial charge in [-0.3, -0.25) is 19.9 Å². The van der Waals surface area contributed by atoms with E-state index in [9.17, 15) is 14.9 Å². The molecule has 0 aliphatic carbocycles. The summed E-state index contributed by atoms with van der Waals surface area (Å²) < 4.78 is 5.30. The van der Waals surface area contributed by atoms with Crippen LogP contribution in [0.15, 0.2) is 47.5 Å². The molecule has 0 saturated heterocycles. The number of rotatable bonds is 5. The van der Waals surface area contributed by atoms with E-state index in [4.69, 9.17) is 9.73 Å². The first-order valence-corrected chi connectivity index (χ1v) is 8.33. The van der Waals surface area contributed by atoms with Crippen molar-refractivity contribution in [2.24, 2.45) is 4.99 Å². The Morgan fingerprint density at radius 1 is 1.27 bits per heavy atom. The molecule has 0 N–H and O–H groups in total. The summed E-state index contributed by atoms with van der Waals surface area (Å²) in [5.74, 6) is 0.512. The molecule has 0 saturated carbocycles. The zero-order valence-electron chi connectivity index (χ0n) is 15.0. The van der Waals surface area contributed by atoms with Crippen molar-refractivity contribution in [3.05, 3.63) is 69.3 Å². The lowest BCUT2D eigenvalue weighted by molar-refractivity contribution is -0.384. The Hall–Kier alpha value is -3.02. The molecular weight excluding hydrogens is 332 g/mol. The van der Waals surface area contributed by atoms with Crippen molar-refractivity contribution in [2.75, 3.05) is 7.11 Å². The molecule has 0 radical (unpaired) electrons. The summed E-state index contributed by atoms with van der Waals surface area (Å²) in [5, 5.41) is 10.9. The number of methoxy groups -OCH3 is 1. The lowest BCUT2D eigenvalue weighted by atomic mass is 9.85. The fourth-order valence-corrected chi connectivity index (χ4v) is 3.22. The minimum absolute atomic E-state index is 0.0881. The van der Waals surface area contributed by atoms with Gasteiger partial charge in [-0.2, -0.15) is 0 Å². The van der Waals surface area contributed by atoms with E-state index in [2.05, 4.69) is 0 Å². The zero-order valence-corrected chi connectivity index (χ0v) is 15.0. The Bertz CT molecular complexity index is 916. The van der Waals surface area contributed by atoms with E-state index in [-0.39, 0.29) is 23.4 Å². The second-order valence-electron chi connectivity index (χ2n) is 6.98. The highest BCUT2D eigenvalue weighted by Gasteiger charge is 2.28. The molecule has 1 aliphatic heterocycles. The van der Waals surface area contributed by atoms with Crippen LogP contribution in [0.2, 0.25) is 0 Å². The van der Waals surface area contributed by atoms with E-state index in [1.165, 1.54) is 18.2 Å². The second-order valence-corrected chi connectivity index (χ2v) is 6.98. The molecule has 0 bridgehead atoms. The van der Waals surface area contributed by atoms with Crippen LogP contribution in [0.3, 0.4) is 0 Å². The molecule has 0 aromatic heterocycles. The van der Waals surface area contributed by atoms with Gasteiger partial charge in [-0.05, 0) is 38.0 Å². The second kappa shape index (κ2) is 6.71. The minimum Gasteiger partial charge on any atom is -0.497 e. The monoisotopic (exact) mass is 352 g/mol. The molecule has 0 spiro atoms. The van der Waals surface area contributed by atoms with Gasteiger partial charge in [-0.1, -0.05) is 18.2 Å². The molecule has 134 valence electrons. The minimum atomic E-state index is -0.502. The number of carbonyl (C=O) groups is 1. The lowest BCUT2D eigenvalue weighted by Crippen LogP contribution is -2.30. The number of nitro benzene ring substituents is 1. The summed E-state index contributed by atoms with van der Waals surface area (Å²) in [6, 6.07) is 11.6. The maximum atomic E-state index is 12.7. The highest BCUT2D eigenvalue weighted by Crippen LogP contribution is 2.31. The van der Waals surface area contributed by atoms with Gasteiger partial charge in [0.1, 0.15) is 5.75 Å². The molecule has 6 nitrogen and oxygen atoms in total. The highest BCUT2D eigenvalue weighted by molar-refractivity contribution is 6.17. The normalized spacial score (nSPS) is 15.0. The number of carbonyl (C=O) groups excluding carboxylic acids is 1. The molecule has 0 atom stereocenters. The number of nitro groups is 1. The van der Waals surface area contributed by atoms with Crippen LogP contribution in [0.25, 0.3) is 0 Å². The largest absolute Gasteiger partial charge is 0.497 e. The fraction of sp³-hybridized carbons (Fsp3) is 0.300. The van der Waals surface area contributed by atoms with Crippen LogP contribution in [0.4, 0.5) is 5.69 Å². The van der Waals surface area contributed by atoms with Gasteiger partial charge in [0.15, 0.2) is 5.78 Å². The number of ether oxygens (including phenoxy) is 1. The van der Waals surface area contributed by atoms with E-state index in [0.717, 1.165) is 17.5 Å². The van der Waals surface area contributed by atoms with Crippen molar-refractivity contribution in [3.8, 4) is 5.75 Å². The summed E-state index contributed by atoms with van der Waals surface area (Å²) in [7, 11) is 1.60. The topological polar surface area (TPSA) is 81.8 Å². The molecule has 2 aromatic rings.